The molecule has 14 nitrogen and oxygen atoms in total. The van der Waals surface area contributed by atoms with Crippen molar-refractivity contribution in [3.05, 3.63) is 48.0 Å². The maximum Gasteiger partial charge on any atom is 0.417 e. The standard InChI is InChI=1S/C34H45F3O14/c35-34(36,37)29-25(41)24(40)26(42)32(51-29)47-19-13-7-8-14-20(19)48-33-28(50-31(45)18-11-5-2-6-12-18)27(23(39)22(16-38)49-33)46-21(30(43)44)15-17-9-3-1-4-10-17/h2,5-7,11-13,17,19-29,32-33,38-42H,1,3-4,8-10,14-16H2,(H,43,44)/t19?,20-,21+,22?,23+,24?,25+,26?,27?,28?,29?,32-,33-/m1/s1. The average molecular weight is 735 g/mol. The fourth-order valence-corrected chi connectivity index (χ4v) is 6.94. The lowest BCUT2D eigenvalue weighted by Crippen LogP contribution is -2.64. The third kappa shape index (κ3) is 9.64. The van der Waals surface area contributed by atoms with E-state index in [1.807, 2.05) is 0 Å². The molecule has 2 saturated heterocycles. The Morgan fingerprint density at radius 3 is 2.22 bits per heavy atom. The fraction of sp³-hybridized carbons (Fsp3) is 0.706. The third-order valence-electron chi connectivity index (χ3n) is 9.72. The van der Waals surface area contributed by atoms with E-state index in [0.29, 0.717) is 6.42 Å². The topological polar surface area (TPSA) is 211 Å². The number of carbonyl (C=O) groups is 2. The van der Waals surface area contributed by atoms with Gasteiger partial charge in [0.1, 0.15) is 42.7 Å². The van der Waals surface area contributed by atoms with Crippen molar-refractivity contribution in [2.24, 2.45) is 5.92 Å². The molecule has 51 heavy (non-hydrogen) atoms. The number of aliphatic hydroxyl groups excluding tert-OH is 5. The lowest BCUT2D eigenvalue weighted by molar-refractivity contribution is -0.367. The highest BCUT2D eigenvalue weighted by atomic mass is 19.4. The van der Waals surface area contributed by atoms with Gasteiger partial charge >= 0.3 is 18.1 Å². The number of carboxylic acid groups (broad SMARTS) is 1. The normalized spacial score (nSPS) is 37.1. The van der Waals surface area contributed by atoms with Crippen molar-refractivity contribution in [1.29, 1.82) is 0 Å². The highest BCUT2D eigenvalue weighted by molar-refractivity contribution is 5.89. The molecule has 17 heteroatoms. The van der Waals surface area contributed by atoms with Gasteiger partial charge in [-0.25, -0.2) is 9.59 Å². The predicted molar refractivity (Wildman–Crippen MR) is 166 cm³/mol. The van der Waals surface area contributed by atoms with Crippen molar-refractivity contribution in [2.45, 2.75) is 137 Å². The summed E-state index contributed by atoms with van der Waals surface area (Å²) in [7, 11) is 0. The third-order valence-corrected chi connectivity index (χ3v) is 9.72. The molecule has 286 valence electrons. The highest BCUT2D eigenvalue weighted by Crippen LogP contribution is 2.37. The fourth-order valence-electron chi connectivity index (χ4n) is 6.94. The van der Waals surface area contributed by atoms with Gasteiger partial charge in [0, 0.05) is 0 Å². The van der Waals surface area contributed by atoms with E-state index in [2.05, 4.69) is 0 Å². The van der Waals surface area contributed by atoms with Gasteiger partial charge in [-0.15, -0.1) is 0 Å². The monoisotopic (exact) mass is 734 g/mol. The molecule has 0 amide bonds. The van der Waals surface area contributed by atoms with Gasteiger partial charge in [-0.05, 0) is 37.3 Å². The lowest BCUT2D eigenvalue weighted by Gasteiger charge is -2.46. The first kappa shape index (κ1) is 39.5. The quantitative estimate of drug-likeness (QED) is 0.133. The molecular formula is C34H45F3O14. The number of aliphatic carboxylic acids is 1. The molecule has 3 fully saturated rings. The van der Waals surface area contributed by atoms with Gasteiger partial charge in [0.15, 0.2) is 30.9 Å². The molecule has 0 bridgehead atoms. The van der Waals surface area contributed by atoms with Gasteiger partial charge in [-0.3, -0.25) is 0 Å². The molecule has 1 saturated carbocycles. The number of aliphatic hydroxyl groups is 5. The van der Waals surface area contributed by atoms with Crippen LogP contribution in [0.25, 0.3) is 0 Å². The van der Waals surface area contributed by atoms with Crippen LogP contribution in [0.2, 0.25) is 0 Å². The molecule has 6 N–H and O–H groups in total. The molecule has 5 rings (SSSR count). The molecule has 0 radical (unpaired) electrons. The highest BCUT2D eigenvalue weighted by Gasteiger charge is 2.57. The number of alkyl halides is 3. The minimum Gasteiger partial charge on any atom is -0.479 e. The first-order valence-corrected chi connectivity index (χ1v) is 17.1. The maximum atomic E-state index is 13.6. The Morgan fingerprint density at radius 1 is 0.863 bits per heavy atom. The van der Waals surface area contributed by atoms with Crippen LogP contribution in [0.3, 0.4) is 0 Å². The van der Waals surface area contributed by atoms with E-state index >= 15 is 0 Å². The Bertz CT molecular complexity index is 1310. The summed E-state index contributed by atoms with van der Waals surface area (Å²) in [5.74, 6) is -2.18. The number of halogens is 3. The number of ether oxygens (including phenoxy) is 6. The van der Waals surface area contributed by atoms with Gasteiger partial charge in [-0.1, -0.05) is 62.5 Å². The summed E-state index contributed by atoms with van der Waals surface area (Å²) in [5, 5.41) is 62.1. The summed E-state index contributed by atoms with van der Waals surface area (Å²) in [5.41, 5.74) is 0.0935. The number of hydrogen-bond acceptors (Lipinski definition) is 13. The SMILES string of the molecule is O=C(OC1C(O[C@@H](CC2CCCCC2)C(=O)O)[C@@H](O)C(CO)O[C@H]1O[C@@H]1CCC=CC1O[C@@H]1OC(C(F)(F)F)[C@@H](O)C(O)C1O)c1ccccc1. The average Bonchev–Trinajstić information content (AvgIpc) is 3.11. The van der Waals surface area contributed by atoms with Crippen LogP contribution in [-0.2, 0) is 33.2 Å². The number of carbonyl (C=O) groups excluding carboxylic acids is 1. The van der Waals surface area contributed by atoms with Crippen LogP contribution in [0.15, 0.2) is 42.5 Å². The van der Waals surface area contributed by atoms with Crippen molar-refractivity contribution >= 4 is 11.9 Å². The van der Waals surface area contributed by atoms with Crippen molar-refractivity contribution in [3.63, 3.8) is 0 Å². The molecule has 2 heterocycles. The van der Waals surface area contributed by atoms with Crippen LogP contribution in [0.1, 0.15) is 61.7 Å². The molecule has 4 aliphatic rings. The van der Waals surface area contributed by atoms with Gasteiger partial charge in [-0.2, -0.15) is 13.2 Å². The smallest absolute Gasteiger partial charge is 0.417 e. The first-order chi connectivity index (χ1) is 24.3. The summed E-state index contributed by atoms with van der Waals surface area (Å²) in [6.45, 7) is -0.785. The van der Waals surface area contributed by atoms with Gasteiger partial charge < -0.3 is 59.1 Å². The summed E-state index contributed by atoms with van der Waals surface area (Å²) in [4.78, 5) is 25.8. The van der Waals surface area contributed by atoms with Crippen molar-refractivity contribution in [1.82, 2.24) is 0 Å². The van der Waals surface area contributed by atoms with Crippen molar-refractivity contribution in [2.75, 3.05) is 6.61 Å². The lowest BCUT2D eigenvalue weighted by atomic mass is 9.85. The summed E-state index contributed by atoms with van der Waals surface area (Å²) in [6, 6.07) is 7.73. The first-order valence-electron chi connectivity index (χ1n) is 17.1. The second kappa shape index (κ2) is 17.4. The van der Waals surface area contributed by atoms with E-state index in [-0.39, 0.29) is 24.3 Å². The van der Waals surface area contributed by atoms with Crippen LogP contribution in [-0.4, -0.2) is 135 Å². The van der Waals surface area contributed by atoms with Crippen LogP contribution >= 0.6 is 0 Å². The Labute approximate surface area is 291 Å². The number of allylic oxidation sites excluding steroid dienone is 1. The predicted octanol–water partition coefficient (Wildman–Crippen LogP) is 1.59. The van der Waals surface area contributed by atoms with Crippen LogP contribution < -0.4 is 0 Å². The number of benzene rings is 1. The van der Waals surface area contributed by atoms with E-state index in [4.69, 9.17) is 28.4 Å². The van der Waals surface area contributed by atoms with E-state index in [9.17, 15) is 53.4 Å². The molecule has 0 aromatic heterocycles. The van der Waals surface area contributed by atoms with E-state index in [1.165, 1.54) is 18.2 Å². The second-order valence-corrected chi connectivity index (χ2v) is 13.3. The van der Waals surface area contributed by atoms with E-state index in [1.54, 1.807) is 24.3 Å². The molecule has 1 aromatic rings. The minimum atomic E-state index is -5.12. The van der Waals surface area contributed by atoms with Gasteiger partial charge in [0.05, 0.1) is 18.3 Å². The van der Waals surface area contributed by atoms with Crippen LogP contribution in [0.4, 0.5) is 13.2 Å². The summed E-state index contributed by atoms with van der Waals surface area (Å²) >= 11 is 0. The molecule has 13 atom stereocenters. The minimum absolute atomic E-state index is 0.0312. The van der Waals surface area contributed by atoms with E-state index in [0.717, 1.165) is 32.1 Å². The Kier molecular flexibility index (Phi) is 13.5. The molecule has 2 aliphatic heterocycles. The summed E-state index contributed by atoms with van der Waals surface area (Å²) < 4.78 is 75.2. The second-order valence-electron chi connectivity index (χ2n) is 13.3. The number of esters is 1. The zero-order chi connectivity index (χ0) is 36.9. The summed E-state index contributed by atoms with van der Waals surface area (Å²) in [6.07, 6.45) is -20.7. The van der Waals surface area contributed by atoms with Crippen molar-refractivity contribution in [3.8, 4) is 0 Å². The Morgan fingerprint density at radius 2 is 1.57 bits per heavy atom. The zero-order valence-corrected chi connectivity index (χ0v) is 27.6. The van der Waals surface area contributed by atoms with Crippen LogP contribution in [0, 0.1) is 5.92 Å². The Hall–Kier alpha value is -2.71. The molecule has 1 aromatic carbocycles. The number of hydrogen-bond donors (Lipinski definition) is 6. The maximum absolute atomic E-state index is 13.6. The zero-order valence-electron chi connectivity index (χ0n) is 27.6. The number of carboxylic acids is 1. The largest absolute Gasteiger partial charge is 0.479 e. The molecule has 7 unspecified atom stereocenters. The molecular weight excluding hydrogens is 689 g/mol. The van der Waals surface area contributed by atoms with Gasteiger partial charge in [0.2, 0.25) is 0 Å². The number of rotatable bonds is 12. The van der Waals surface area contributed by atoms with Crippen LogP contribution in [0.5, 0.6) is 0 Å². The Balaban J connectivity index is 1.41. The molecule has 0 spiro atoms. The van der Waals surface area contributed by atoms with E-state index < -0.39 is 104 Å². The van der Waals surface area contributed by atoms with Gasteiger partial charge in [0.25, 0.3) is 0 Å². The van der Waals surface area contributed by atoms with Crippen molar-refractivity contribution < 1.29 is 81.8 Å². The molecule has 2 aliphatic carbocycles.